The molecule has 19 heavy (non-hydrogen) atoms. The number of aryl methyl sites for hydroxylation is 1. The van der Waals surface area contributed by atoms with Crippen LogP contribution in [0.4, 0.5) is 16.0 Å². The molecule has 0 unspecified atom stereocenters. The topological polar surface area (TPSA) is 98.2 Å². The van der Waals surface area contributed by atoms with Crippen molar-refractivity contribution in [3.05, 3.63) is 35.3 Å². The SMILES string of the molecule is Cc1noc(NS(=O)(=O)c2cc(N)ccc2F)c1C. The summed E-state index contributed by atoms with van der Waals surface area (Å²) in [5, 5.41) is 3.61. The Kier molecular flexibility index (Phi) is 3.19. The van der Waals surface area contributed by atoms with E-state index in [4.69, 9.17) is 10.3 Å². The van der Waals surface area contributed by atoms with E-state index in [1.807, 2.05) is 0 Å². The van der Waals surface area contributed by atoms with E-state index < -0.39 is 20.7 Å². The Morgan fingerprint density at radius 1 is 1.37 bits per heavy atom. The number of aromatic nitrogens is 1. The second-order valence-electron chi connectivity index (χ2n) is 4.02. The largest absolute Gasteiger partial charge is 0.399 e. The molecule has 0 bridgehead atoms. The molecule has 0 spiro atoms. The fourth-order valence-electron chi connectivity index (χ4n) is 1.41. The molecular formula is C11H12FN3O3S. The molecule has 2 rings (SSSR count). The predicted octanol–water partition coefficient (Wildman–Crippen LogP) is 1.81. The highest BCUT2D eigenvalue weighted by molar-refractivity contribution is 7.92. The molecule has 0 aliphatic heterocycles. The zero-order valence-corrected chi connectivity index (χ0v) is 11.1. The van der Waals surface area contributed by atoms with Gasteiger partial charge in [-0.25, -0.2) is 17.5 Å². The first-order valence-corrected chi connectivity index (χ1v) is 6.80. The minimum Gasteiger partial charge on any atom is -0.399 e. The predicted molar refractivity (Wildman–Crippen MR) is 67.6 cm³/mol. The van der Waals surface area contributed by atoms with Gasteiger partial charge in [-0.2, -0.15) is 0 Å². The number of nitrogens with two attached hydrogens (primary N) is 1. The highest BCUT2D eigenvalue weighted by Crippen LogP contribution is 2.24. The first kappa shape index (κ1) is 13.3. The Bertz CT molecular complexity index is 725. The molecule has 1 aromatic heterocycles. The number of benzene rings is 1. The van der Waals surface area contributed by atoms with E-state index in [9.17, 15) is 12.8 Å². The van der Waals surface area contributed by atoms with Crippen LogP contribution in [-0.2, 0) is 10.0 Å². The first-order chi connectivity index (χ1) is 8.81. The number of nitrogens with zero attached hydrogens (tertiary/aromatic N) is 1. The summed E-state index contributed by atoms with van der Waals surface area (Å²) in [6, 6.07) is 3.30. The Morgan fingerprint density at radius 2 is 2.05 bits per heavy atom. The molecule has 0 saturated heterocycles. The lowest BCUT2D eigenvalue weighted by molar-refractivity contribution is 0.430. The Balaban J connectivity index is 2.43. The van der Waals surface area contributed by atoms with Crippen LogP contribution >= 0.6 is 0 Å². The molecule has 1 heterocycles. The smallest absolute Gasteiger partial charge is 0.267 e. The van der Waals surface area contributed by atoms with Crippen LogP contribution in [-0.4, -0.2) is 13.6 Å². The summed E-state index contributed by atoms with van der Waals surface area (Å²) in [5.74, 6) is -0.935. The van der Waals surface area contributed by atoms with Crippen LogP contribution in [0.3, 0.4) is 0 Å². The van der Waals surface area contributed by atoms with Crippen molar-refractivity contribution in [3.8, 4) is 0 Å². The van der Waals surface area contributed by atoms with Crippen molar-refractivity contribution in [1.82, 2.24) is 5.16 Å². The van der Waals surface area contributed by atoms with Gasteiger partial charge >= 0.3 is 0 Å². The number of halogens is 1. The van der Waals surface area contributed by atoms with E-state index in [0.717, 1.165) is 12.1 Å². The molecular weight excluding hydrogens is 273 g/mol. The normalized spacial score (nSPS) is 11.5. The lowest BCUT2D eigenvalue weighted by Gasteiger charge is -2.07. The number of nitrogens with one attached hydrogen (secondary N) is 1. The molecule has 0 atom stereocenters. The third kappa shape index (κ3) is 2.53. The van der Waals surface area contributed by atoms with Gasteiger partial charge in [-0.15, -0.1) is 0 Å². The zero-order chi connectivity index (χ0) is 14.2. The van der Waals surface area contributed by atoms with Gasteiger partial charge in [0.05, 0.1) is 5.69 Å². The van der Waals surface area contributed by atoms with Gasteiger partial charge in [-0.05, 0) is 32.0 Å². The van der Waals surface area contributed by atoms with E-state index >= 15 is 0 Å². The van der Waals surface area contributed by atoms with Gasteiger partial charge in [0.1, 0.15) is 10.7 Å². The average Bonchev–Trinajstić information content (AvgIpc) is 2.63. The highest BCUT2D eigenvalue weighted by Gasteiger charge is 2.22. The van der Waals surface area contributed by atoms with Crippen molar-refractivity contribution in [2.24, 2.45) is 0 Å². The Labute approximate surface area is 109 Å². The minimum absolute atomic E-state index is 0.0423. The maximum absolute atomic E-state index is 13.6. The summed E-state index contributed by atoms with van der Waals surface area (Å²) in [6.07, 6.45) is 0. The minimum atomic E-state index is -4.11. The van der Waals surface area contributed by atoms with Gasteiger partial charge in [-0.3, -0.25) is 0 Å². The number of rotatable bonds is 3. The van der Waals surface area contributed by atoms with Gasteiger partial charge in [0.2, 0.25) is 5.88 Å². The van der Waals surface area contributed by atoms with Crippen molar-refractivity contribution in [2.45, 2.75) is 18.7 Å². The lowest BCUT2D eigenvalue weighted by atomic mass is 10.3. The standard InChI is InChI=1S/C11H12FN3O3S/c1-6-7(2)14-18-11(6)15-19(16,17)10-5-8(13)3-4-9(10)12/h3-5,15H,13H2,1-2H3. The summed E-state index contributed by atoms with van der Waals surface area (Å²) in [4.78, 5) is -0.541. The lowest BCUT2D eigenvalue weighted by Crippen LogP contribution is -2.15. The fourth-order valence-corrected chi connectivity index (χ4v) is 2.57. The molecule has 3 N–H and O–H groups in total. The van der Waals surface area contributed by atoms with Crippen LogP contribution in [0.25, 0.3) is 0 Å². The van der Waals surface area contributed by atoms with E-state index in [1.165, 1.54) is 6.07 Å². The van der Waals surface area contributed by atoms with E-state index in [2.05, 4.69) is 9.88 Å². The van der Waals surface area contributed by atoms with Gasteiger partial charge in [0, 0.05) is 11.3 Å². The monoisotopic (exact) mass is 285 g/mol. The van der Waals surface area contributed by atoms with Crippen molar-refractivity contribution in [3.63, 3.8) is 0 Å². The van der Waals surface area contributed by atoms with Crippen LogP contribution in [0.1, 0.15) is 11.3 Å². The first-order valence-electron chi connectivity index (χ1n) is 5.32. The van der Waals surface area contributed by atoms with Crippen molar-refractivity contribution < 1.29 is 17.3 Å². The molecule has 0 radical (unpaired) electrons. The van der Waals surface area contributed by atoms with Gasteiger partial charge in [0.25, 0.3) is 10.0 Å². The second-order valence-corrected chi connectivity index (χ2v) is 5.67. The maximum atomic E-state index is 13.6. The summed E-state index contributed by atoms with van der Waals surface area (Å²) < 4.78 is 44.6. The van der Waals surface area contributed by atoms with Crippen LogP contribution in [0.2, 0.25) is 0 Å². The third-order valence-electron chi connectivity index (χ3n) is 2.63. The Hall–Kier alpha value is -2.09. The molecule has 0 saturated carbocycles. The fraction of sp³-hybridized carbons (Fsp3) is 0.182. The summed E-state index contributed by atoms with van der Waals surface area (Å²) >= 11 is 0. The van der Waals surface area contributed by atoms with E-state index in [0.29, 0.717) is 11.3 Å². The van der Waals surface area contributed by atoms with Crippen LogP contribution in [0.15, 0.2) is 27.6 Å². The molecule has 0 fully saturated rings. The van der Waals surface area contributed by atoms with Crippen molar-refractivity contribution in [1.29, 1.82) is 0 Å². The number of anilines is 2. The van der Waals surface area contributed by atoms with Gasteiger partial charge < -0.3 is 10.3 Å². The molecule has 6 nitrogen and oxygen atoms in total. The van der Waals surface area contributed by atoms with E-state index in [1.54, 1.807) is 13.8 Å². The number of hydrogen-bond donors (Lipinski definition) is 2. The molecule has 0 amide bonds. The molecule has 2 aromatic rings. The molecule has 102 valence electrons. The molecule has 0 aliphatic carbocycles. The number of sulfonamides is 1. The highest BCUT2D eigenvalue weighted by atomic mass is 32.2. The number of hydrogen-bond acceptors (Lipinski definition) is 5. The van der Waals surface area contributed by atoms with Crippen molar-refractivity contribution in [2.75, 3.05) is 10.5 Å². The van der Waals surface area contributed by atoms with E-state index in [-0.39, 0.29) is 11.6 Å². The summed E-state index contributed by atoms with van der Waals surface area (Å²) in [7, 11) is -4.11. The molecule has 1 aromatic carbocycles. The summed E-state index contributed by atoms with van der Waals surface area (Å²) in [6.45, 7) is 3.30. The number of nitrogen functional groups attached to an aromatic ring is 1. The summed E-state index contributed by atoms with van der Waals surface area (Å²) in [5.41, 5.74) is 6.68. The molecule has 8 heteroatoms. The van der Waals surface area contributed by atoms with Crippen LogP contribution in [0.5, 0.6) is 0 Å². The van der Waals surface area contributed by atoms with Gasteiger partial charge in [-0.1, -0.05) is 5.16 Å². The van der Waals surface area contributed by atoms with Crippen LogP contribution in [0, 0.1) is 19.7 Å². The third-order valence-corrected chi connectivity index (χ3v) is 3.98. The second kappa shape index (κ2) is 4.54. The maximum Gasteiger partial charge on any atom is 0.267 e. The quantitative estimate of drug-likeness (QED) is 0.838. The molecule has 0 aliphatic rings. The van der Waals surface area contributed by atoms with Gasteiger partial charge in [0.15, 0.2) is 0 Å². The average molecular weight is 285 g/mol. The van der Waals surface area contributed by atoms with Crippen molar-refractivity contribution >= 4 is 21.6 Å². The van der Waals surface area contributed by atoms with Crippen LogP contribution < -0.4 is 10.5 Å². The Morgan fingerprint density at radius 3 is 2.63 bits per heavy atom. The zero-order valence-electron chi connectivity index (χ0n) is 10.3.